The minimum atomic E-state index is -0.824. The van der Waals surface area contributed by atoms with Crippen LogP contribution in [0.4, 0.5) is 0 Å². The summed E-state index contributed by atoms with van der Waals surface area (Å²) in [6, 6.07) is 9.44. The summed E-state index contributed by atoms with van der Waals surface area (Å²) in [5.74, 6) is -0.767. The van der Waals surface area contributed by atoms with Gasteiger partial charge < -0.3 is 9.84 Å². The summed E-state index contributed by atoms with van der Waals surface area (Å²) in [6.07, 6.45) is 2.04. The van der Waals surface area contributed by atoms with E-state index in [1.807, 2.05) is 44.2 Å². The summed E-state index contributed by atoms with van der Waals surface area (Å²) in [6.45, 7) is 5.14. The van der Waals surface area contributed by atoms with Crippen LogP contribution in [0.25, 0.3) is 0 Å². The number of hydrogen-bond donors (Lipinski definition) is 1. The lowest BCUT2D eigenvalue weighted by atomic mass is 9.75. The lowest BCUT2D eigenvalue weighted by Gasteiger charge is -2.28. The van der Waals surface area contributed by atoms with Gasteiger partial charge in [-0.05, 0) is 24.8 Å². The molecule has 1 aromatic rings. The van der Waals surface area contributed by atoms with Crippen LogP contribution in [0.5, 0.6) is 0 Å². The predicted molar refractivity (Wildman–Crippen MR) is 71.8 cm³/mol. The van der Waals surface area contributed by atoms with Gasteiger partial charge in [-0.1, -0.05) is 44.2 Å². The molecule has 1 rings (SSSR count). The number of aliphatic carboxylic acids is 1. The number of hydrogen-bond acceptors (Lipinski definition) is 2. The van der Waals surface area contributed by atoms with Gasteiger partial charge in [0.1, 0.15) is 0 Å². The predicted octanol–water partition coefficient (Wildman–Crippen LogP) is 3.24. The highest BCUT2D eigenvalue weighted by atomic mass is 16.5. The summed E-state index contributed by atoms with van der Waals surface area (Å²) >= 11 is 0. The van der Waals surface area contributed by atoms with Gasteiger partial charge >= 0.3 is 5.97 Å². The minimum absolute atomic E-state index is 0.489. The monoisotopic (exact) mass is 250 g/mol. The number of rotatable bonds is 8. The third-order valence-electron chi connectivity index (χ3n) is 3.36. The Morgan fingerprint density at radius 2 is 1.89 bits per heavy atom. The van der Waals surface area contributed by atoms with Crippen LogP contribution in [-0.2, 0) is 14.9 Å². The van der Waals surface area contributed by atoms with E-state index in [1.165, 1.54) is 0 Å². The average Bonchev–Trinajstić information content (AvgIpc) is 2.40. The fourth-order valence-corrected chi connectivity index (χ4v) is 2.16. The Morgan fingerprint density at radius 3 is 2.39 bits per heavy atom. The van der Waals surface area contributed by atoms with Gasteiger partial charge in [-0.25, -0.2) is 0 Å². The number of carbonyl (C=O) groups is 1. The molecule has 100 valence electrons. The van der Waals surface area contributed by atoms with Crippen LogP contribution in [-0.4, -0.2) is 24.3 Å². The first-order valence-electron chi connectivity index (χ1n) is 6.54. The fraction of sp³-hybridized carbons (Fsp3) is 0.533. The standard InChI is InChI=1S/C15H22O3/c1-3-11-18-12-10-15(4-2,14(16)17)13-8-6-5-7-9-13/h5-9H,3-4,10-12H2,1-2H3,(H,16,17). The molecule has 18 heavy (non-hydrogen) atoms. The van der Waals surface area contributed by atoms with Gasteiger partial charge in [0.15, 0.2) is 0 Å². The van der Waals surface area contributed by atoms with E-state index in [0.717, 1.165) is 12.0 Å². The molecule has 0 bridgehead atoms. The van der Waals surface area contributed by atoms with E-state index in [9.17, 15) is 9.90 Å². The normalized spacial score (nSPS) is 14.1. The zero-order chi connectivity index (χ0) is 13.4. The van der Waals surface area contributed by atoms with Crippen LogP contribution in [0.1, 0.15) is 38.7 Å². The summed E-state index contributed by atoms with van der Waals surface area (Å²) in [7, 11) is 0. The van der Waals surface area contributed by atoms with Crippen molar-refractivity contribution < 1.29 is 14.6 Å². The van der Waals surface area contributed by atoms with Gasteiger partial charge in [-0.15, -0.1) is 0 Å². The second-order valence-electron chi connectivity index (χ2n) is 4.47. The van der Waals surface area contributed by atoms with Crippen LogP contribution in [0.3, 0.4) is 0 Å². The van der Waals surface area contributed by atoms with Crippen molar-refractivity contribution in [3.8, 4) is 0 Å². The maximum absolute atomic E-state index is 11.7. The Balaban J connectivity index is 2.85. The van der Waals surface area contributed by atoms with E-state index < -0.39 is 11.4 Å². The van der Waals surface area contributed by atoms with E-state index in [4.69, 9.17) is 4.74 Å². The molecule has 0 amide bonds. The van der Waals surface area contributed by atoms with Crippen LogP contribution in [0.2, 0.25) is 0 Å². The summed E-state index contributed by atoms with van der Waals surface area (Å²) in [5, 5.41) is 9.58. The molecule has 1 atom stereocenters. The molecule has 0 aliphatic heterocycles. The van der Waals surface area contributed by atoms with Crippen molar-refractivity contribution in [2.75, 3.05) is 13.2 Å². The Bertz CT molecular complexity index is 361. The summed E-state index contributed by atoms with van der Waals surface area (Å²) < 4.78 is 5.45. The van der Waals surface area contributed by atoms with Crippen molar-refractivity contribution >= 4 is 5.97 Å². The van der Waals surface area contributed by atoms with Crippen molar-refractivity contribution in [1.82, 2.24) is 0 Å². The summed E-state index contributed by atoms with van der Waals surface area (Å²) in [5.41, 5.74) is 0.0368. The van der Waals surface area contributed by atoms with E-state index in [0.29, 0.717) is 26.1 Å². The zero-order valence-electron chi connectivity index (χ0n) is 11.2. The number of carboxylic acids is 1. The number of benzene rings is 1. The molecule has 0 aliphatic rings. The SMILES string of the molecule is CCCOCCC(CC)(C(=O)O)c1ccccc1. The van der Waals surface area contributed by atoms with Crippen LogP contribution in [0, 0.1) is 0 Å². The molecule has 0 fully saturated rings. The van der Waals surface area contributed by atoms with Crippen molar-refractivity contribution in [3.05, 3.63) is 35.9 Å². The highest BCUT2D eigenvalue weighted by Gasteiger charge is 2.38. The highest BCUT2D eigenvalue weighted by Crippen LogP contribution is 2.32. The van der Waals surface area contributed by atoms with Crippen LogP contribution in [0.15, 0.2) is 30.3 Å². The molecule has 1 aromatic carbocycles. The van der Waals surface area contributed by atoms with Crippen molar-refractivity contribution in [1.29, 1.82) is 0 Å². The lowest BCUT2D eigenvalue weighted by Crippen LogP contribution is -2.36. The first-order chi connectivity index (χ1) is 8.67. The third-order valence-corrected chi connectivity index (χ3v) is 3.36. The van der Waals surface area contributed by atoms with E-state index in [-0.39, 0.29) is 0 Å². The van der Waals surface area contributed by atoms with E-state index in [1.54, 1.807) is 0 Å². The highest BCUT2D eigenvalue weighted by molar-refractivity contribution is 5.81. The van der Waals surface area contributed by atoms with Gasteiger partial charge in [-0.3, -0.25) is 4.79 Å². The van der Waals surface area contributed by atoms with Crippen LogP contribution >= 0.6 is 0 Å². The first kappa shape index (κ1) is 14.7. The van der Waals surface area contributed by atoms with Gasteiger partial charge in [-0.2, -0.15) is 0 Å². The second-order valence-corrected chi connectivity index (χ2v) is 4.47. The Labute approximate surface area is 109 Å². The number of ether oxygens (including phenoxy) is 1. The molecule has 0 aromatic heterocycles. The molecule has 1 unspecified atom stereocenters. The maximum atomic E-state index is 11.7. The van der Waals surface area contributed by atoms with Gasteiger partial charge in [0.05, 0.1) is 5.41 Å². The van der Waals surface area contributed by atoms with Crippen molar-refractivity contribution in [2.24, 2.45) is 0 Å². The molecule has 3 nitrogen and oxygen atoms in total. The Morgan fingerprint density at radius 1 is 1.22 bits per heavy atom. The average molecular weight is 250 g/mol. The van der Waals surface area contributed by atoms with E-state index >= 15 is 0 Å². The molecular weight excluding hydrogens is 228 g/mol. The van der Waals surface area contributed by atoms with E-state index in [2.05, 4.69) is 0 Å². The smallest absolute Gasteiger partial charge is 0.314 e. The zero-order valence-corrected chi connectivity index (χ0v) is 11.2. The fourth-order valence-electron chi connectivity index (χ4n) is 2.16. The second kappa shape index (κ2) is 7.17. The molecule has 3 heteroatoms. The largest absolute Gasteiger partial charge is 0.481 e. The third kappa shape index (κ3) is 3.33. The van der Waals surface area contributed by atoms with Gasteiger partial charge in [0.2, 0.25) is 0 Å². The van der Waals surface area contributed by atoms with Crippen molar-refractivity contribution in [2.45, 2.75) is 38.5 Å². The molecule has 1 N–H and O–H groups in total. The molecule has 0 aliphatic carbocycles. The first-order valence-corrected chi connectivity index (χ1v) is 6.54. The van der Waals surface area contributed by atoms with Gasteiger partial charge in [0, 0.05) is 13.2 Å². The quantitative estimate of drug-likeness (QED) is 0.720. The number of carboxylic acid groups (broad SMARTS) is 1. The molecule has 0 saturated carbocycles. The molecule has 0 radical (unpaired) electrons. The van der Waals surface area contributed by atoms with Gasteiger partial charge in [0.25, 0.3) is 0 Å². The van der Waals surface area contributed by atoms with Crippen molar-refractivity contribution in [3.63, 3.8) is 0 Å². The molecule has 0 saturated heterocycles. The Kier molecular flexibility index (Phi) is 5.86. The molecule has 0 heterocycles. The lowest BCUT2D eigenvalue weighted by molar-refractivity contribution is -0.145. The Hall–Kier alpha value is -1.35. The molecular formula is C15H22O3. The topological polar surface area (TPSA) is 46.5 Å². The minimum Gasteiger partial charge on any atom is -0.481 e. The maximum Gasteiger partial charge on any atom is 0.314 e. The summed E-state index contributed by atoms with van der Waals surface area (Å²) in [4.78, 5) is 11.7. The van der Waals surface area contributed by atoms with Crippen LogP contribution < -0.4 is 0 Å². The molecule has 0 spiro atoms.